The Hall–Kier alpha value is -2.57. The van der Waals surface area contributed by atoms with Gasteiger partial charge in [0.15, 0.2) is 0 Å². The summed E-state index contributed by atoms with van der Waals surface area (Å²) < 4.78 is 0. The van der Waals surface area contributed by atoms with Crippen molar-refractivity contribution in [2.75, 3.05) is 26.2 Å². The highest BCUT2D eigenvalue weighted by molar-refractivity contribution is 6.35. The van der Waals surface area contributed by atoms with Gasteiger partial charge < -0.3 is 20.0 Å². The van der Waals surface area contributed by atoms with Crippen LogP contribution in [0.25, 0.3) is 0 Å². The molecule has 1 aromatic rings. The maximum Gasteiger partial charge on any atom is 0.317 e. The average molecular weight is 427 g/mol. The van der Waals surface area contributed by atoms with Gasteiger partial charge in [-0.05, 0) is 38.2 Å². The summed E-state index contributed by atoms with van der Waals surface area (Å²) >= 11 is 0. The highest BCUT2D eigenvalue weighted by Gasteiger charge is 2.38. The number of hydrogen-bond acceptors (Lipinski definition) is 3. The van der Waals surface area contributed by atoms with Gasteiger partial charge in [0.1, 0.15) is 0 Å². The SMILES string of the molecule is Cc1ccc(CN2CCN(C3CCN(C(=O)NC4CCCCC4)CC3)C(=O)C2=O)cc1. The van der Waals surface area contributed by atoms with Crippen LogP contribution in [0.2, 0.25) is 0 Å². The molecule has 168 valence electrons. The molecule has 0 atom stereocenters. The smallest absolute Gasteiger partial charge is 0.317 e. The van der Waals surface area contributed by atoms with Crippen molar-refractivity contribution >= 4 is 17.8 Å². The van der Waals surface area contributed by atoms with E-state index in [1.54, 1.807) is 9.80 Å². The van der Waals surface area contributed by atoms with Crippen LogP contribution in [0, 0.1) is 6.92 Å². The Balaban J connectivity index is 1.26. The lowest BCUT2D eigenvalue weighted by Crippen LogP contribution is -2.59. The molecule has 1 aliphatic carbocycles. The standard InChI is InChI=1S/C24H34N4O3/c1-18-7-9-19(10-8-18)17-27-15-16-28(23(30)22(27)29)21-11-13-26(14-12-21)24(31)25-20-5-3-2-4-6-20/h7-10,20-21H,2-6,11-17H2,1H3,(H,25,31). The summed E-state index contributed by atoms with van der Waals surface area (Å²) in [6.07, 6.45) is 7.27. The first-order valence-corrected chi connectivity index (χ1v) is 11.7. The van der Waals surface area contributed by atoms with Gasteiger partial charge in [-0.2, -0.15) is 0 Å². The van der Waals surface area contributed by atoms with Crippen LogP contribution >= 0.6 is 0 Å². The van der Waals surface area contributed by atoms with E-state index in [9.17, 15) is 14.4 Å². The van der Waals surface area contributed by atoms with E-state index < -0.39 is 11.8 Å². The summed E-state index contributed by atoms with van der Waals surface area (Å²) in [5.74, 6) is -0.812. The fraction of sp³-hybridized carbons (Fsp3) is 0.625. The molecule has 2 saturated heterocycles. The molecule has 0 spiro atoms. The van der Waals surface area contributed by atoms with Gasteiger partial charge in [0.05, 0.1) is 0 Å². The molecule has 7 nitrogen and oxygen atoms in total. The number of aryl methyl sites for hydroxylation is 1. The van der Waals surface area contributed by atoms with Crippen LogP contribution in [-0.4, -0.2) is 70.8 Å². The number of nitrogens with zero attached hydrogens (tertiary/aromatic N) is 3. The fourth-order valence-corrected chi connectivity index (χ4v) is 5.00. The van der Waals surface area contributed by atoms with Crippen molar-refractivity contribution in [3.8, 4) is 0 Å². The summed E-state index contributed by atoms with van der Waals surface area (Å²) in [7, 11) is 0. The zero-order valence-corrected chi connectivity index (χ0v) is 18.5. The van der Waals surface area contributed by atoms with E-state index >= 15 is 0 Å². The number of amides is 4. The van der Waals surface area contributed by atoms with Gasteiger partial charge in [-0.1, -0.05) is 49.1 Å². The van der Waals surface area contributed by atoms with Crippen molar-refractivity contribution in [3.05, 3.63) is 35.4 Å². The van der Waals surface area contributed by atoms with E-state index in [2.05, 4.69) is 5.32 Å². The largest absolute Gasteiger partial charge is 0.335 e. The van der Waals surface area contributed by atoms with Crippen LogP contribution in [-0.2, 0) is 16.1 Å². The lowest BCUT2D eigenvalue weighted by Gasteiger charge is -2.42. The Morgan fingerprint density at radius 3 is 2.26 bits per heavy atom. The summed E-state index contributed by atoms with van der Waals surface area (Å²) in [6, 6.07) is 8.43. The highest BCUT2D eigenvalue weighted by atomic mass is 16.2. The molecule has 0 radical (unpaired) electrons. The van der Waals surface area contributed by atoms with Gasteiger partial charge >= 0.3 is 17.8 Å². The highest BCUT2D eigenvalue weighted by Crippen LogP contribution is 2.22. The minimum absolute atomic E-state index is 0.0238. The zero-order chi connectivity index (χ0) is 21.8. The first kappa shape index (κ1) is 21.7. The van der Waals surface area contributed by atoms with Crippen molar-refractivity contribution in [2.24, 2.45) is 0 Å². The number of nitrogens with one attached hydrogen (secondary N) is 1. The second kappa shape index (κ2) is 9.71. The van der Waals surface area contributed by atoms with Gasteiger partial charge in [0.2, 0.25) is 0 Å². The number of rotatable bonds is 4. The van der Waals surface area contributed by atoms with E-state index in [0.29, 0.717) is 38.8 Å². The number of likely N-dealkylation sites (tertiary alicyclic amines) is 1. The molecule has 31 heavy (non-hydrogen) atoms. The number of carbonyl (C=O) groups excluding carboxylic acids is 3. The van der Waals surface area contributed by atoms with E-state index in [-0.39, 0.29) is 12.1 Å². The summed E-state index contributed by atoms with van der Waals surface area (Å²) in [5, 5.41) is 3.18. The third-order valence-electron chi connectivity index (χ3n) is 6.96. The Kier molecular flexibility index (Phi) is 6.78. The second-order valence-corrected chi connectivity index (χ2v) is 9.21. The number of piperazine rings is 1. The lowest BCUT2D eigenvalue weighted by molar-refractivity contribution is -0.158. The first-order valence-electron chi connectivity index (χ1n) is 11.7. The van der Waals surface area contributed by atoms with Crippen molar-refractivity contribution in [1.82, 2.24) is 20.0 Å². The Morgan fingerprint density at radius 2 is 1.58 bits per heavy atom. The summed E-state index contributed by atoms with van der Waals surface area (Å²) in [5.41, 5.74) is 2.22. The van der Waals surface area contributed by atoms with Crippen molar-refractivity contribution in [2.45, 2.75) is 70.5 Å². The molecular formula is C24H34N4O3. The molecular weight excluding hydrogens is 392 g/mol. The Labute approximate surface area is 184 Å². The molecule has 0 aromatic heterocycles. The maximum absolute atomic E-state index is 12.8. The van der Waals surface area contributed by atoms with Gasteiger partial charge in [0, 0.05) is 44.8 Å². The normalized spacial score (nSPS) is 21.5. The quantitative estimate of drug-likeness (QED) is 0.753. The van der Waals surface area contributed by atoms with Crippen LogP contribution in [0.1, 0.15) is 56.1 Å². The lowest BCUT2D eigenvalue weighted by atomic mass is 9.95. The molecule has 4 rings (SSSR count). The Bertz CT molecular complexity index is 796. The first-order chi connectivity index (χ1) is 15.0. The molecule has 0 unspecified atom stereocenters. The molecule has 2 heterocycles. The second-order valence-electron chi connectivity index (χ2n) is 9.21. The van der Waals surface area contributed by atoms with Crippen LogP contribution in [0.4, 0.5) is 4.79 Å². The molecule has 0 bridgehead atoms. The van der Waals surface area contributed by atoms with Gasteiger partial charge in [-0.3, -0.25) is 9.59 Å². The number of piperidine rings is 1. The monoisotopic (exact) mass is 426 g/mol. The van der Waals surface area contributed by atoms with Crippen molar-refractivity contribution < 1.29 is 14.4 Å². The van der Waals surface area contributed by atoms with Crippen molar-refractivity contribution in [1.29, 1.82) is 0 Å². The zero-order valence-electron chi connectivity index (χ0n) is 18.5. The number of hydrogen-bond donors (Lipinski definition) is 1. The summed E-state index contributed by atoms with van der Waals surface area (Å²) in [6.45, 7) is 4.89. The van der Waals surface area contributed by atoms with Crippen LogP contribution < -0.4 is 5.32 Å². The minimum atomic E-state index is -0.413. The van der Waals surface area contributed by atoms with Gasteiger partial charge in [-0.25, -0.2) is 4.79 Å². The number of carbonyl (C=O) groups is 3. The van der Waals surface area contributed by atoms with E-state index in [1.807, 2.05) is 36.1 Å². The minimum Gasteiger partial charge on any atom is -0.335 e. The van der Waals surface area contributed by atoms with Gasteiger partial charge in [0.25, 0.3) is 0 Å². The Morgan fingerprint density at radius 1 is 0.903 bits per heavy atom. The fourth-order valence-electron chi connectivity index (χ4n) is 5.00. The molecule has 1 N–H and O–H groups in total. The van der Waals surface area contributed by atoms with Crippen LogP contribution in [0.3, 0.4) is 0 Å². The topological polar surface area (TPSA) is 73.0 Å². The number of urea groups is 1. The maximum atomic E-state index is 12.8. The third-order valence-corrected chi connectivity index (χ3v) is 6.96. The van der Waals surface area contributed by atoms with Gasteiger partial charge in [-0.15, -0.1) is 0 Å². The van der Waals surface area contributed by atoms with Crippen LogP contribution in [0.15, 0.2) is 24.3 Å². The van der Waals surface area contributed by atoms with E-state index in [4.69, 9.17) is 0 Å². The predicted octanol–water partition coefficient (Wildman–Crippen LogP) is 2.67. The van der Waals surface area contributed by atoms with Crippen molar-refractivity contribution in [3.63, 3.8) is 0 Å². The van der Waals surface area contributed by atoms with E-state index in [1.165, 1.54) is 24.8 Å². The summed E-state index contributed by atoms with van der Waals surface area (Å²) in [4.78, 5) is 43.3. The molecule has 3 fully saturated rings. The van der Waals surface area contributed by atoms with Crippen LogP contribution in [0.5, 0.6) is 0 Å². The number of benzene rings is 1. The molecule has 3 aliphatic rings. The predicted molar refractivity (Wildman–Crippen MR) is 118 cm³/mol. The molecule has 1 saturated carbocycles. The van der Waals surface area contributed by atoms with E-state index in [0.717, 1.165) is 31.2 Å². The third kappa shape index (κ3) is 5.20. The molecule has 7 heteroatoms. The molecule has 2 aliphatic heterocycles. The molecule has 1 aromatic carbocycles. The average Bonchev–Trinajstić information content (AvgIpc) is 2.79. The molecule has 4 amide bonds.